The molecule has 0 amide bonds. The van der Waals surface area contributed by atoms with Gasteiger partial charge in [0.05, 0.1) is 54.4 Å². The third-order valence-electron chi connectivity index (χ3n) is 12.0. The molecular formula is C49H49Br2N7O6. The molecule has 1 aliphatic heterocycles. The molecule has 13 nitrogen and oxygen atoms in total. The van der Waals surface area contributed by atoms with Crippen LogP contribution in [-0.4, -0.2) is 72.3 Å². The van der Waals surface area contributed by atoms with Crippen LogP contribution < -0.4 is 0 Å². The Labute approximate surface area is 387 Å². The summed E-state index contributed by atoms with van der Waals surface area (Å²) in [5.74, 6) is 1.07. The minimum atomic E-state index is -0.851. The van der Waals surface area contributed by atoms with Crippen LogP contribution in [-0.2, 0) is 50.0 Å². The maximum atomic E-state index is 11.4. The first kappa shape index (κ1) is 43.6. The smallest absolute Gasteiger partial charge is 0.327 e. The molecule has 0 radical (unpaired) electrons. The normalized spacial score (nSPS) is 16.2. The van der Waals surface area contributed by atoms with E-state index in [0.717, 1.165) is 61.3 Å². The van der Waals surface area contributed by atoms with E-state index < -0.39 is 5.97 Å². The quantitative estimate of drug-likeness (QED) is 0.132. The van der Waals surface area contributed by atoms with Crippen molar-refractivity contribution in [1.82, 2.24) is 29.3 Å². The summed E-state index contributed by atoms with van der Waals surface area (Å²) >= 11 is 6.99. The number of para-hydroxylation sites is 2. The number of carbonyl (C=O) groups is 3. The average molecular weight is 992 g/mol. The number of carboxylic acids is 1. The molecule has 5 aliphatic rings. The lowest BCUT2D eigenvalue weighted by Crippen LogP contribution is -2.12. The Kier molecular flexibility index (Phi) is 12.8. The van der Waals surface area contributed by atoms with Crippen LogP contribution >= 0.6 is 31.9 Å². The van der Waals surface area contributed by atoms with Gasteiger partial charge < -0.3 is 14.6 Å². The van der Waals surface area contributed by atoms with Gasteiger partial charge in [-0.3, -0.25) is 33.4 Å². The average Bonchev–Trinajstić information content (AvgIpc) is 4.09. The van der Waals surface area contributed by atoms with E-state index in [0.29, 0.717) is 17.8 Å². The molecule has 12 rings (SSSR count). The number of ether oxygens (including phenoxy) is 2. The molecule has 4 saturated carbocycles. The van der Waals surface area contributed by atoms with E-state index in [9.17, 15) is 14.4 Å². The molecule has 7 aromatic rings. The fourth-order valence-corrected chi connectivity index (χ4v) is 8.93. The van der Waals surface area contributed by atoms with Crippen LogP contribution in [0.15, 0.2) is 98.9 Å². The lowest BCUT2D eigenvalue weighted by Gasteiger charge is -2.01. The number of hydrogen-bond donors (Lipinski definition) is 1. The summed E-state index contributed by atoms with van der Waals surface area (Å²) in [7, 11) is 2.79. The number of aromatic nitrogens is 6. The molecule has 4 aliphatic carbocycles. The molecule has 64 heavy (non-hydrogen) atoms. The Morgan fingerprint density at radius 1 is 0.578 bits per heavy atom. The number of aliphatic imine (C=N–C) groups is 1. The number of esters is 2. The Morgan fingerprint density at radius 3 is 1.50 bits per heavy atom. The number of rotatable bonds is 10. The van der Waals surface area contributed by atoms with Crippen molar-refractivity contribution in [3.63, 3.8) is 0 Å². The van der Waals surface area contributed by atoms with Gasteiger partial charge in [-0.15, -0.1) is 0 Å². The summed E-state index contributed by atoms with van der Waals surface area (Å²) in [5, 5.41) is 25.8. The summed E-state index contributed by atoms with van der Waals surface area (Å²) in [6, 6.07) is 28.4. The van der Waals surface area contributed by atoms with Crippen molar-refractivity contribution in [2.45, 2.75) is 95.3 Å². The molecule has 0 atom stereocenters. The molecule has 0 saturated heterocycles. The van der Waals surface area contributed by atoms with Crippen LogP contribution in [0.25, 0.3) is 32.7 Å². The second-order valence-electron chi connectivity index (χ2n) is 17.0. The number of methoxy groups -OCH3 is 2. The van der Waals surface area contributed by atoms with E-state index in [-0.39, 0.29) is 31.6 Å². The Hall–Kier alpha value is -5.67. The molecule has 4 heterocycles. The molecule has 0 spiro atoms. The predicted octanol–water partition coefficient (Wildman–Crippen LogP) is 10.1. The third kappa shape index (κ3) is 10.00. The fraction of sp³-hybridized carbons (Fsp3) is 0.367. The number of nitrogens with zero attached hydrogens (tertiary/aromatic N) is 7. The zero-order chi connectivity index (χ0) is 44.5. The number of halogens is 2. The number of carbonyl (C=O) groups excluding carboxylic acids is 2. The van der Waals surface area contributed by atoms with E-state index in [1.165, 1.54) is 92.3 Å². The highest BCUT2D eigenvalue weighted by molar-refractivity contribution is 9.10. The van der Waals surface area contributed by atoms with Crippen LogP contribution in [0.1, 0.15) is 97.3 Å². The van der Waals surface area contributed by atoms with E-state index in [1.54, 1.807) is 14.0 Å². The molecular weight excluding hydrogens is 942 g/mol. The summed E-state index contributed by atoms with van der Waals surface area (Å²) < 4.78 is 16.7. The van der Waals surface area contributed by atoms with Gasteiger partial charge in [0, 0.05) is 60.1 Å². The first-order valence-corrected chi connectivity index (χ1v) is 23.4. The van der Waals surface area contributed by atoms with Crippen molar-refractivity contribution < 1.29 is 29.0 Å². The Bertz CT molecular complexity index is 2920. The van der Waals surface area contributed by atoms with Crippen LogP contribution in [0.5, 0.6) is 0 Å². The van der Waals surface area contributed by atoms with E-state index in [2.05, 4.69) is 87.2 Å². The van der Waals surface area contributed by atoms with Crippen molar-refractivity contribution in [2.75, 3.05) is 14.2 Å². The number of aliphatic carboxylic acids is 1. The van der Waals surface area contributed by atoms with Gasteiger partial charge in [0.15, 0.2) is 0 Å². The Balaban J connectivity index is 0.000000109. The highest BCUT2D eigenvalue weighted by Crippen LogP contribution is 2.44. The molecule has 330 valence electrons. The number of benzene rings is 4. The molecule has 15 heteroatoms. The predicted molar refractivity (Wildman–Crippen MR) is 252 cm³/mol. The zero-order valence-corrected chi connectivity index (χ0v) is 38.9. The van der Waals surface area contributed by atoms with Crippen molar-refractivity contribution >= 4 is 88.2 Å². The summed E-state index contributed by atoms with van der Waals surface area (Å²) in [4.78, 5) is 38.1. The van der Waals surface area contributed by atoms with Crippen LogP contribution in [0, 0.1) is 5.92 Å². The van der Waals surface area contributed by atoms with Crippen LogP contribution in [0.4, 0.5) is 0 Å². The largest absolute Gasteiger partial charge is 0.480 e. The Morgan fingerprint density at radius 2 is 1.02 bits per heavy atom. The SMILES string of the molecule is Brc1ccc2c(c1)C(C1CC1)=NC2.COC(=O)Cn1nc(C2CC2)c2cc(Br)ccc21.COC(=O)Cn1nc(C2CC2)c2ccccc21.O=C(O)Cn1nc(C2CC2)c2ccccc21. The summed E-state index contributed by atoms with van der Waals surface area (Å²) in [6.07, 6.45) is 9.82. The van der Waals surface area contributed by atoms with Crippen molar-refractivity contribution in [1.29, 1.82) is 0 Å². The second-order valence-corrected chi connectivity index (χ2v) is 18.8. The lowest BCUT2D eigenvalue weighted by atomic mass is 10.0. The standard InChI is InChI=1S/C13H13BrN2O2.C13H14N2O2.C12H12N2O2.C11H10BrN/c1-18-12(17)7-16-11-5-4-9(14)6-10(11)13(15-16)8-2-3-8;1-17-12(16)8-15-11-5-3-2-4-10(11)13(14-15)9-6-7-9;15-11(16)7-14-10-4-2-1-3-9(10)12(13-14)8-5-6-8;12-9-4-3-8-6-13-11(7-1-2-7)10(8)5-9/h4-6,8H,2-3,7H2,1H3;2-5,9H,6-8H2,1H3;1-4,8H,5-7H2,(H,15,16);3-5,7H,1-2,6H2. The third-order valence-corrected chi connectivity index (χ3v) is 13.0. The topological polar surface area (TPSA) is 156 Å². The lowest BCUT2D eigenvalue weighted by molar-refractivity contribution is -0.142. The van der Waals surface area contributed by atoms with Gasteiger partial charge in [0.1, 0.15) is 19.6 Å². The van der Waals surface area contributed by atoms with Crippen molar-refractivity contribution in [2.24, 2.45) is 10.9 Å². The van der Waals surface area contributed by atoms with Gasteiger partial charge in [-0.2, -0.15) is 15.3 Å². The first-order valence-electron chi connectivity index (χ1n) is 21.8. The van der Waals surface area contributed by atoms with Crippen LogP contribution in [0.3, 0.4) is 0 Å². The fourth-order valence-electron chi connectivity index (χ4n) is 8.21. The maximum Gasteiger partial charge on any atom is 0.327 e. The molecule has 4 fully saturated rings. The van der Waals surface area contributed by atoms with E-state index in [1.807, 2.05) is 54.6 Å². The number of hydrogen-bond acceptors (Lipinski definition) is 9. The van der Waals surface area contributed by atoms with E-state index in [4.69, 9.17) is 9.84 Å². The summed E-state index contributed by atoms with van der Waals surface area (Å²) in [6.45, 7) is 1.19. The van der Waals surface area contributed by atoms with Crippen molar-refractivity contribution in [3.05, 3.63) is 122 Å². The minimum absolute atomic E-state index is 0.0623. The monoisotopic (exact) mass is 989 g/mol. The molecule has 0 unspecified atom stereocenters. The highest BCUT2D eigenvalue weighted by atomic mass is 79.9. The number of fused-ring (bicyclic) bond motifs is 4. The molecule has 3 aromatic heterocycles. The maximum absolute atomic E-state index is 11.4. The zero-order valence-electron chi connectivity index (χ0n) is 35.8. The van der Waals surface area contributed by atoms with E-state index >= 15 is 0 Å². The van der Waals surface area contributed by atoms with Gasteiger partial charge in [-0.05, 0) is 99.4 Å². The van der Waals surface area contributed by atoms with Gasteiger partial charge in [-0.1, -0.05) is 74.3 Å². The van der Waals surface area contributed by atoms with Crippen molar-refractivity contribution in [3.8, 4) is 0 Å². The van der Waals surface area contributed by atoms with Gasteiger partial charge in [0.2, 0.25) is 0 Å². The molecule has 4 aromatic carbocycles. The molecule has 0 bridgehead atoms. The number of carboxylic acid groups (broad SMARTS) is 1. The van der Waals surface area contributed by atoms with Gasteiger partial charge in [0.25, 0.3) is 0 Å². The van der Waals surface area contributed by atoms with Gasteiger partial charge in [-0.25, -0.2) is 0 Å². The van der Waals surface area contributed by atoms with Crippen LogP contribution in [0.2, 0.25) is 0 Å². The minimum Gasteiger partial charge on any atom is -0.480 e. The van der Waals surface area contributed by atoms with Gasteiger partial charge >= 0.3 is 17.9 Å². The molecule has 1 N–H and O–H groups in total. The first-order chi connectivity index (χ1) is 31.1. The summed E-state index contributed by atoms with van der Waals surface area (Å²) in [5.41, 5.74) is 10.4. The highest BCUT2D eigenvalue weighted by Gasteiger charge is 2.33. The second kappa shape index (κ2) is 18.8.